The molecule has 1 aliphatic rings. The Hall–Kier alpha value is -1.73. The average molecular weight is 374 g/mol. The van der Waals surface area contributed by atoms with Crippen LogP contribution in [0.25, 0.3) is 6.08 Å². The number of hydrogen-bond acceptors (Lipinski definition) is 5. The molecule has 1 atom stereocenters. The Balaban J connectivity index is 2.06. The first-order valence-electron chi connectivity index (χ1n) is 7.54. The number of amides is 1. The van der Waals surface area contributed by atoms with Crippen molar-refractivity contribution in [2.75, 3.05) is 25.2 Å². The molecular formula is C16H20ClNO5S. The highest BCUT2D eigenvalue weighted by molar-refractivity contribution is 7.91. The fourth-order valence-corrected chi connectivity index (χ4v) is 4.40. The quantitative estimate of drug-likeness (QED) is 0.772. The number of rotatable bonds is 6. The molecule has 1 N–H and O–H groups in total. The summed E-state index contributed by atoms with van der Waals surface area (Å²) >= 11 is 6.17. The largest absolute Gasteiger partial charge is 0.493 e. The Bertz CT molecular complexity index is 745. The summed E-state index contributed by atoms with van der Waals surface area (Å²) in [7, 11) is -1.51. The number of carbonyl (C=O) groups excluding carboxylic acids is 1. The average Bonchev–Trinajstić information content (AvgIpc) is 2.86. The standard InChI is InChI=1S/C16H20ClNO5S/c1-3-23-16-13(17)8-11(9-14(16)22-2)4-5-15(19)18-12-6-7-24(20,21)10-12/h4-5,8-9,12H,3,6-7,10H2,1-2H3,(H,18,19)/b5-4+. The maximum absolute atomic E-state index is 11.9. The van der Waals surface area contributed by atoms with Gasteiger partial charge < -0.3 is 14.8 Å². The van der Waals surface area contributed by atoms with Gasteiger partial charge in [-0.3, -0.25) is 4.79 Å². The lowest BCUT2D eigenvalue weighted by atomic mass is 10.1. The smallest absolute Gasteiger partial charge is 0.244 e. The molecular weight excluding hydrogens is 354 g/mol. The van der Waals surface area contributed by atoms with E-state index in [1.807, 2.05) is 6.92 Å². The molecule has 2 rings (SSSR count). The molecule has 0 bridgehead atoms. The Morgan fingerprint density at radius 1 is 1.46 bits per heavy atom. The lowest BCUT2D eigenvalue weighted by molar-refractivity contribution is -0.116. The predicted octanol–water partition coefficient (Wildman–Crippen LogP) is 2.06. The highest BCUT2D eigenvalue weighted by Gasteiger charge is 2.28. The summed E-state index contributed by atoms with van der Waals surface area (Å²) in [6.45, 7) is 2.30. The molecule has 24 heavy (non-hydrogen) atoms. The summed E-state index contributed by atoms with van der Waals surface area (Å²) in [4.78, 5) is 11.9. The van der Waals surface area contributed by atoms with Gasteiger partial charge in [0.05, 0.1) is 30.2 Å². The van der Waals surface area contributed by atoms with Gasteiger partial charge in [-0.2, -0.15) is 0 Å². The van der Waals surface area contributed by atoms with Gasteiger partial charge in [-0.15, -0.1) is 0 Å². The SMILES string of the molecule is CCOc1c(Cl)cc(/C=C/C(=O)NC2CCS(=O)(=O)C2)cc1OC. The van der Waals surface area contributed by atoms with Crippen LogP contribution in [0.3, 0.4) is 0 Å². The highest BCUT2D eigenvalue weighted by atomic mass is 35.5. The molecule has 6 nitrogen and oxygen atoms in total. The molecule has 0 saturated carbocycles. The van der Waals surface area contributed by atoms with Gasteiger partial charge in [-0.25, -0.2) is 8.42 Å². The first kappa shape index (κ1) is 18.6. The van der Waals surface area contributed by atoms with Crippen molar-refractivity contribution in [3.05, 3.63) is 28.8 Å². The molecule has 0 spiro atoms. The number of sulfone groups is 1. The highest BCUT2D eigenvalue weighted by Crippen LogP contribution is 2.36. The molecule has 1 amide bonds. The minimum atomic E-state index is -3.02. The number of benzene rings is 1. The molecule has 1 heterocycles. The second kappa shape index (κ2) is 7.90. The van der Waals surface area contributed by atoms with Gasteiger partial charge in [0.25, 0.3) is 0 Å². The van der Waals surface area contributed by atoms with Crippen LogP contribution in [0.15, 0.2) is 18.2 Å². The van der Waals surface area contributed by atoms with Gasteiger partial charge in [0.2, 0.25) is 5.91 Å². The zero-order valence-electron chi connectivity index (χ0n) is 13.5. The Labute approximate surface area is 146 Å². The van der Waals surface area contributed by atoms with Gasteiger partial charge >= 0.3 is 0 Å². The van der Waals surface area contributed by atoms with E-state index in [9.17, 15) is 13.2 Å². The summed E-state index contributed by atoms with van der Waals surface area (Å²) < 4.78 is 33.4. The Kier molecular flexibility index (Phi) is 6.12. The van der Waals surface area contributed by atoms with E-state index in [1.165, 1.54) is 13.2 Å². The molecule has 0 radical (unpaired) electrons. The summed E-state index contributed by atoms with van der Waals surface area (Å²) in [6.07, 6.45) is 3.38. The van der Waals surface area contributed by atoms with Crippen molar-refractivity contribution in [2.45, 2.75) is 19.4 Å². The third kappa shape index (κ3) is 4.88. The van der Waals surface area contributed by atoms with Crippen LogP contribution < -0.4 is 14.8 Å². The van der Waals surface area contributed by atoms with Crippen molar-refractivity contribution in [3.63, 3.8) is 0 Å². The second-order valence-corrected chi connectivity index (χ2v) is 8.04. The van der Waals surface area contributed by atoms with Crippen LogP contribution in [0.1, 0.15) is 18.9 Å². The summed E-state index contributed by atoms with van der Waals surface area (Å²) in [5.74, 6) is 0.703. The summed E-state index contributed by atoms with van der Waals surface area (Å²) in [6, 6.07) is 3.05. The molecule has 1 aromatic carbocycles. The molecule has 132 valence electrons. The number of nitrogens with one attached hydrogen (secondary N) is 1. The van der Waals surface area contributed by atoms with E-state index < -0.39 is 9.84 Å². The van der Waals surface area contributed by atoms with Crippen molar-refractivity contribution in [2.24, 2.45) is 0 Å². The van der Waals surface area contributed by atoms with Crippen molar-refractivity contribution >= 4 is 33.4 Å². The summed E-state index contributed by atoms with van der Waals surface area (Å²) in [5, 5.41) is 3.07. The molecule has 8 heteroatoms. The van der Waals surface area contributed by atoms with E-state index in [2.05, 4.69) is 5.32 Å². The number of methoxy groups -OCH3 is 1. The van der Waals surface area contributed by atoms with Gasteiger partial charge in [0.15, 0.2) is 21.3 Å². The monoisotopic (exact) mass is 373 g/mol. The van der Waals surface area contributed by atoms with E-state index in [0.717, 1.165) is 0 Å². The Morgan fingerprint density at radius 2 is 2.21 bits per heavy atom. The topological polar surface area (TPSA) is 81.7 Å². The van der Waals surface area contributed by atoms with Gasteiger partial charge in [-0.1, -0.05) is 11.6 Å². The van der Waals surface area contributed by atoms with E-state index >= 15 is 0 Å². The van der Waals surface area contributed by atoms with Gasteiger partial charge in [0.1, 0.15) is 0 Å². The third-order valence-corrected chi connectivity index (χ3v) is 5.60. The normalized spacial score (nSPS) is 19.4. The minimum Gasteiger partial charge on any atom is -0.493 e. The first-order valence-corrected chi connectivity index (χ1v) is 9.74. The van der Waals surface area contributed by atoms with Crippen LogP contribution in [-0.4, -0.2) is 45.6 Å². The number of carbonyl (C=O) groups is 1. The number of ether oxygens (including phenoxy) is 2. The fourth-order valence-electron chi connectivity index (χ4n) is 2.45. The molecule has 1 aromatic rings. The predicted molar refractivity (Wildman–Crippen MR) is 93.4 cm³/mol. The second-order valence-electron chi connectivity index (χ2n) is 5.41. The third-order valence-electron chi connectivity index (χ3n) is 3.55. The van der Waals surface area contributed by atoms with Crippen LogP contribution in [0.2, 0.25) is 5.02 Å². The van der Waals surface area contributed by atoms with E-state index in [0.29, 0.717) is 35.1 Å². The van der Waals surface area contributed by atoms with Crippen LogP contribution in [0.4, 0.5) is 0 Å². The first-order chi connectivity index (χ1) is 11.3. The molecule has 1 fully saturated rings. The van der Waals surface area contributed by atoms with E-state index in [1.54, 1.807) is 18.2 Å². The fraction of sp³-hybridized carbons (Fsp3) is 0.438. The zero-order valence-corrected chi connectivity index (χ0v) is 15.1. The minimum absolute atomic E-state index is 0.00468. The van der Waals surface area contributed by atoms with Crippen LogP contribution >= 0.6 is 11.6 Å². The number of halogens is 1. The number of hydrogen-bond donors (Lipinski definition) is 1. The molecule has 0 aromatic heterocycles. The van der Waals surface area contributed by atoms with E-state index in [4.69, 9.17) is 21.1 Å². The molecule has 0 aliphatic carbocycles. The molecule has 1 aliphatic heterocycles. The summed E-state index contributed by atoms with van der Waals surface area (Å²) in [5.41, 5.74) is 0.675. The molecule has 1 unspecified atom stereocenters. The lowest BCUT2D eigenvalue weighted by Crippen LogP contribution is -2.34. The van der Waals surface area contributed by atoms with E-state index in [-0.39, 0.29) is 23.5 Å². The zero-order chi connectivity index (χ0) is 17.7. The van der Waals surface area contributed by atoms with Crippen LogP contribution in [-0.2, 0) is 14.6 Å². The van der Waals surface area contributed by atoms with Crippen LogP contribution in [0.5, 0.6) is 11.5 Å². The lowest BCUT2D eigenvalue weighted by Gasteiger charge is -2.12. The van der Waals surface area contributed by atoms with Crippen molar-refractivity contribution in [1.82, 2.24) is 5.32 Å². The maximum Gasteiger partial charge on any atom is 0.244 e. The van der Waals surface area contributed by atoms with Crippen molar-refractivity contribution in [3.8, 4) is 11.5 Å². The van der Waals surface area contributed by atoms with Crippen LogP contribution in [0, 0.1) is 0 Å². The van der Waals surface area contributed by atoms with Crippen molar-refractivity contribution in [1.29, 1.82) is 0 Å². The maximum atomic E-state index is 11.9. The van der Waals surface area contributed by atoms with Gasteiger partial charge in [-0.05, 0) is 37.1 Å². The molecule has 1 saturated heterocycles. The Morgan fingerprint density at radius 3 is 2.79 bits per heavy atom. The van der Waals surface area contributed by atoms with Gasteiger partial charge in [0, 0.05) is 12.1 Å². The van der Waals surface area contributed by atoms with Crippen molar-refractivity contribution < 1.29 is 22.7 Å².